The van der Waals surface area contributed by atoms with Gasteiger partial charge in [-0.25, -0.2) is 48.7 Å². The van der Waals surface area contributed by atoms with E-state index in [1.165, 1.54) is 18.3 Å². The number of nitrogens with one attached hydrogen (secondary N) is 6. The van der Waals surface area contributed by atoms with Crippen LogP contribution in [0.2, 0.25) is 0 Å². The normalized spacial score (nSPS) is 14.3. The quantitative estimate of drug-likeness (QED) is 0.0161. The van der Waals surface area contributed by atoms with E-state index in [0.29, 0.717) is 104 Å². The Kier molecular flexibility index (Phi) is 39.3. The molecule has 0 amide bonds. The average molecular weight is 1810 g/mol. The molecule has 0 aliphatic carbocycles. The second-order valence-corrected chi connectivity index (χ2v) is 31.7. The molecule has 0 fully saturated rings. The van der Waals surface area contributed by atoms with Crippen LogP contribution < -0.4 is 66.3 Å². The molecule has 0 aliphatic heterocycles. The molecule has 12 rings (SSSR count). The van der Waals surface area contributed by atoms with Crippen LogP contribution in [0.1, 0.15) is 191 Å². The van der Waals surface area contributed by atoms with Gasteiger partial charge >= 0.3 is 12.4 Å². The number of anilines is 12. The van der Waals surface area contributed by atoms with Crippen molar-refractivity contribution < 1.29 is 65.8 Å². The minimum absolute atomic E-state index is 0.0231. The highest BCUT2D eigenvalue weighted by molar-refractivity contribution is 5.90. The van der Waals surface area contributed by atoms with Gasteiger partial charge in [-0.1, -0.05) is 98.8 Å². The van der Waals surface area contributed by atoms with Crippen LogP contribution in [0.4, 0.5) is 106 Å². The summed E-state index contributed by atoms with van der Waals surface area (Å²) in [6.45, 7) is 18.2. The molecule has 24 N–H and O–H groups in total. The van der Waals surface area contributed by atoms with Crippen molar-refractivity contribution >= 4 is 137 Å². The van der Waals surface area contributed by atoms with Gasteiger partial charge in [-0.15, -0.1) is 0 Å². The van der Waals surface area contributed by atoms with Crippen LogP contribution in [0.3, 0.4) is 0 Å². The van der Waals surface area contributed by atoms with Crippen LogP contribution in [0, 0.1) is 11.6 Å². The Morgan fingerprint density at radius 1 is 0.364 bits per heavy atom. The lowest BCUT2D eigenvalue weighted by Gasteiger charge is -2.35. The van der Waals surface area contributed by atoms with Gasteiger partial charge in [0, 0.05) is 56.0 Å². The lowest BCUT2D eigenvalue weighted by atomic mass is 9.89. The lowest BCUT2D eigenvalue weighted by Crippen LogP contribution is -2.55. The highest BCUT2D eigenvalue weighted by atomic mass is 19.4. The van der Waals surface area contributed by atoms with Gasteiger partial charge < -0.3 is 96.9 Å². The second-order valence-electron chi connectivity index (χ2n) is 31.7. The molecule has 12 aromatic heterocycles. The summed E-state index contributed by atoms with van der Waals surface area (Å²) in [4.78, 5) is 73.7. The molecule has 12 aromatic rings. The van der Waals surface area contributed by atoms with Gasteiger partial charge in [0.2, 0.25) is 35.7 Å². The predicted octanol–water partition coefficient (Wildman–Crippen LogP) is 13.5. The third kappa shape index (κ3) is 30.7. The number of fused-ring (bicyclic) bond motifs is 6. The lowest BCUT2D eigenvalue weighted by molar-refractivity contribution is -0.190. The first kappa shape index (κ1) is 104. The van der Waals surface area contributed by atoms with E-state index >= 15 is 0 Å². The van der Waals surface area contributed by atoms with Crippen LogP contribution >= 0.6 is 0 Å². The Labute approximate surface area is 741 Å². The molecule has 0 spiro atoms. The Balaban J connectivity index is 0.000000212. The number of hydrogen-bond donors (Lipinski definition) is 18. The molecule has 2 unspecified atom stereocenters. The molecule has 0 saturated carbocycles. The van der Waals surface area contributed by atoms with Crippen LogP contribution in [0.5, 0.6) is 0 Å². The monoisotopic (exact) mass is 1810 g/mol. The van der Waals surface area contributed by atoms with Crippen molar-refractivity contribution in [1.82, 2.24) is 89.7 Å². The number of nitrogens with two attached hydrogens (primary N) is 6. The van der Waals surface area contributed by atoms with E-state index in [2.05, 4.69) is 149 Å². The average Bonchev–Trinajstić information content (AvgIpc) is 0.777. The molecular formula is C85H120F8N30O6. The van der Waals surface area contributed by atoms with E-state index in [4.69, 9.17) is 39.5 Å². The second kappa shape index (κ2) is 48.8. The highest BCUT2D eigenvalue weighted by Crippen LogP contribution is 2.39. The van der Waals surface area contributed by atoms with Crippen molar-refractivity contribution in [2.24, 2.45) is 0 Å². The first-order chi connectivity index (χ1) is 61.2. The van der Waals surface area contributed by atoms with Gasteiger partial charge in [-0.3, -0.25) is 19.9 Å². The summed E-state index contributed by atoms with van der Waals surface area (Å²) in [6, 6.07) is 16.0. The maximum atomic E-state index is 13.6. The minimum atomic E-state index is -4.67. The van der Waals surface area contributed by atoms with Crippen molar-refractivity contribution in [3.63, 3.8) is 0 Å². The first-order valence-electron chi connectivity index (χ1n) is 42.5. The Hall–Kier alpha value is -12.3. The van der Waals surface area contributed by atoms with E-state index < -0.39 is 77.4 Å². The van der Waals surface area contributed by atoms with Gasteiger partial charge in [0.05, 0.1) is 100 Å². The summed E-state index contributed by atoms with van der Waals surface area (Å²) in [5, 5.41) is 76.2. The van der Waals surface area contributed by atoms with Gasteiger partial charge in [0.1, 0.15) is 44.7 Å². The molecule has 0 saturated heterocycles. The molecule has 702 valence electrons. The third-order valence-electron chi connectivity index (χ3n) is 21.0. The van der Waals surface area contributed by atoms with E-state index in [0.717, 1.165) is 95.0 Å². The molecule has 0 radical (unpaired) electrons. The van der Waals surface area contributed by atoms with Crippen LogP contribution in [-0.2, 0) is 0 Å². The zero-order valence-corrected chi connectivity index (χ0v) is 74.0. The van der Waals surface area contributed by atoms with Gasteiger partial charge in [-0.2, -0.15) is 56.2 Å². The number of nitrogen functional groups attached to an aromatic ring is 6. The number of aliphatic hydroxyl groups excluding tert-OH is 6. The fourth-order valence-corrected chi connectivity index (χ4v) is 13.2. The first-order valence-corrected chi connectivity index (χ1v) is 42.5. The summed E-state index contributed by atoms with van der Waals surface area (Å²) in [5.74, 6) is 1.56. The topological polar surface area (TPSA) is 582 Å². The zero-order chi connectivity index (χ0) is 94.9. The zero-order valence-electron chi connectivity index (χ0n) is 74.0. The summed E-state index contributed by atoms with van der Waals surface area (Å²) in [5.41, 5.74) is 35.7. The highest BCUT2D eigenvalue weighted by Gasteiger charge is 2.55. The Morgan fingerprint density at radius 3 is 1.03 bits per heavy atom. The standard InChI is InChI=1S/C15H22FN5O.C15H23N5O.C14H18F3N5O.C14H20FN5O.C14H21N5O.C13H16F3N5O/c1-4-5-6-15(3,9(2)22)21-13-12-11(19-14(17)20-13)7-10(16)8-18-12;1-4-5-8-15(3,10(2)21)20-13-12-11(7-6-9-17-12)18-14(16)19-13;1-2-3-6-13(8-23,14(15,16)17)22-11-10-9(5-4-7-19-10)20-12(18)21-11;1-3-4-5-14(2,8-21)20-12-11-10(18-13(16)19-12)6-9(15)7-17-11;1-2-3-5-10(7-9-20)17-13-12-11(6-4-8-16-12)18-14(15)19-13;14-13(15,16)5-1-3-8(7-22)19-11-10-9(4-2-6-18-10)20-12(17)21-11/h7-9,22H,4-6H2,1-3H3,(H3,17,19,20,21);6-7,9-10,21H,4-5,8H2,1-3H3,(H3,16,18,19,20);4-5,7,23H,2-3,6,8H2,1H3,(H3,18,20,21,22);6-7,21H,3-5,8H2,1-2H3,(H3,16,18,19,20);4,6,8,10,20H,2-3,5,7,9H2,1H3,(H3,15,17,18,19);2,4,6,8,22H,1,3,5,7H2,(H3,17,19,20,21)/t9?,15-;10?,15-;13-;14-;10-;8-/m111111/s1. The Morgan fingerprint density at radius 2 is 0.690 bits per heavy atom. The number of pyridine rings is 6. The van der Waals surface area contributed by atoms with Gasteiger partial charge in [0.15, 0.2) is 40.4 Å². The number of nitrogens with zero attached hydrogens (tertiary/aromatic N) is 18. The summed E-state index contributed by atoms with van der Waals surface area (Å²) in [7, 11) is 0. The maximum Gasteiger partial charge on any atom is 0.413 e. The van der Waals surface area contributed by atoms with E-state index in [-0.39, 0.29) is 92.1 Å². The predicted molar refractivity (Wildman–Crippen MR) is 488 cm³/mol. The number of aromatic nitrogens is 18. The van der Waals surface area contributed by atoms with Crippen molar-refractivity contribution in [3.05, 3.63) is 109 Å². The van der Waals surface area contributed by atoms with Gasteiger partial charge in [-0.05, 0) is 135 Å². The minimum Gasteiger partial charge on any atom is -0.396 e. The molecule has 0 bridgehead atoms. The van der Waals surface area contributed by atoms with Crippen molar-refractivity contribution in [3.8, 4) is 0 Å². The molecule has 0 aromatic carbocycles. The number of unbranched alkanes of at least 4 members (excludes halogenated alkanes) is 5. The maximum absolute atomic E-state index is 13.6. The number of aliphatic hydroxyl groups is 6. The number of hydrogen-bond acceptors (Lipinski definition) is 36. The fraction of sp³-hybridized carbons (Fsp3) is 0.506. The molecule has 129 heavy (non-hydrogen) atoms. The molecule has 44 heteroatoms. The molecule has 12 heterocycles. The molecule has 8 atom stereocenters. The van der Waals surface area contributed by atoms with Crippen molar-refractivity contribution in [2.45, 2.75) is 250 Å². The van der Waals surface area contributed by atoms with Crippen LogP contribution in [-0.4, -0.2) is 206 Å². The van der Waals surface area contributed by atoms with Gasteiger partial charge in [0.25, 0.3) is 0 Å². The van der Waals surface area contributed by atoms with E-state index in [1.54, 1.807) is 63.6 Å². The van der Waals surface area contributed by atoms with Crippen molar-refractivity contribution in [2.75, 3.05) is 92.7 Å². The van der Waals surface area contributed by atoms with Crippen LogP contribution in [0.25, 0.3) is 66.2 Å². The van der Waals surface area contributed by atoms with Crippen molar-refractivity contribution in [1.29, 1.82) is 0 Å². The van der Waals surface area contributed by atoms with E-state index in [1.807, 2.05) is 45.0 Å². The summed E-state index contributed by atoms with van der Waals surface area (Å²) >= 11 is 0. The molecular weight excluding hydrogens is 1690 g/mol. The molecule has 0 aliphatic rings. The SMILES string of the molecule is CCCC[C@@](C)(Nc1nc(N)nc2cc(F)cnc12)C(C)O.CCCC[C@@](C)(Nc1nc(N)nc2cccnc12)C(C)O.CCCC[C@H](CCO)Nc1nc(N)nc2cccnc12.CCCC[C@](C)(CO)Nc1nc(N)nc2cc(F)cnc12.CCCC[C@](CO)(Nc1nc(N)nc2cccnc12)C(F)(F)F.Nc1nc(N[C@@H](CO)CCCC(F)(F)F)c2ncccc2n1. The Bertz CT molecular complexity index is 5500. The summed E-state index contributed by atoms with van der Waals surface area (Å²) in [6.07, 6.45) is 10.6. The summed E-state index contributed by atoms with van der Waals surface area (Å²) < 4.78 is 104. The van der Waals surface area contributed by atoms with E-state index in [9.17, 15) is 60.7 Å². The largest absolute Gasteiger partial charge is 0.413 e. The number of alkyl halides is 6. The van der Waals surface area contributed by atoms with Crippen LogP contribution in [0.15, 0.2) is 97.8 Å². The number of halogens is 8. The third-order valence-corrected chi connectivity index (χ3v) is 21.0. The molecule has 36 nitrogen and oxygen atoms in total. The smallest absolute Gasteiger partial charge is 0.396 e. The number of rotatable bonds is 37. The fourth-order valence-electron chi connectivity index (χ4n) is 13.2.